The van der Waals surface area contributed by atoms with Crippen molar-refractivity contribution in [1.82, 2.24) is 4.98 Å². The van der Waals surface area contributed by atoms with E-state index in [4.69, 9.17) is 4.42 Å². The maximum atomic E-state index is 13.6. The summed E-state index contributed by atoms with van der Waals surface area (Å²) in [7, 11) is 0. The Morgan fingerprint density at radius 2 is 1.75 bits per heavy atom. The van der Waals surface area contributed by atoms with Crippen LogP contribution in [-0.2, 0) is 6.18 Å². The molecule has 32 heavy (non-hydrogen) atoms. The van der Waals surface area contributed by atoms with Gasteiger partial charge in [-0.05, 0) is 24.3 Å². The van der Waals surface area contributed by atoms with Gasteiger partial charge in [0.15, 0.2) is 0 Å². The Bertz CT molecular complexity index is 1250. The van der Waals surface area contributed by atoms with E-state index < -0.39 is 29.2 Å². The van der Waals surface area contributed by atoms with Crippen LogP contribution < -0.4 is 10.6 Å². The number of aromatic nitrogens is 1. The third kappa shape index (κ3) is 4.70. The standard InChI is InChI=1S/C22H14F3N3O3S/c23-22(24,25)16-10-15(26-19(29)14-8-9-31-11-14)6-7-17(16)27-20(30)18-12-32-21(28-18)13-4-2-1-3-5-13/h1-12H,(H,26,29)(H,27,30). The molecule has 2 aromatic heterocycles. The summed E-state index contributed by atoms with van der Waals surface area (Å²) in [6.45, 7) is 0. The molecule has 4 aromatic rings. The molecular formula is C22H14F3N3O3S. The number of amides is 2. The predicted molar refractivity (Wildman–Crippen MR) is 114 cm³/mol. The van der Waals surface area contributed by atoms with E-state index in [1.165, 1.54) is 41.4 Å². The van der Waals surface area contributed by atoms with E-state index in [9.17, 15) is 22.8 Å². The average molecular weight is 457 g/mol. The van der Waals surface area contributed by atoms with Gasteiger partial charge in [0.1, 0.15) is 17.0 Å². The van der Waals surface area contributed by atoms with Crippen molar-refractivity contribution >= 4 is 34.5 Å². The van der Waals surface area contributed by atoms with E-state index in [1.807, 2.05) is 30.3 Å². The Morgan fingerprint density at radius 3 is 2.44 bits per heavy atom. The van der Waals surface area contributed by atoms with E-state index >= 15 is 0 Å². The number of benzene rings is 2. The van der Waals surface area contributed by atoms with Gasteiger partial charge in [-0.1, -0.05) is 30.3 Å². The normalized spacial score (nSPS) is 11.2. The van der Waals surface area contributed by atoms with Gasteiger partial charge in [0.2, 0.25) is 0 Å². The predicted octanol–water partition coefficient (Wildman–Crippen LogP) is 5.93. The molecule has 2 N–H and O–H groups in total. The molecule has 0 aliphatic heterocycles. The Kier molecular flexibility index (Phi) is 5.78. The topological polar surface area (TPSA) is 84.2 Å². The molecule has 0 radical (unpaired) electrons. The lowest BCUT2D eigenvalue weighted by Gasteiger charge is -2.15. The lowest BCUT2D eigenvalue weighted by Crippen LogP contribution is -2.18. The van der Waals surface area contributed by atoms with E-state index in [0.29, 0.717) is 5.01 Å². The summed E-state index contributed by atoms with van der Waals surface area (Å²) in [5.74, 6) is -1.40. The molecule has 2 amide bonds. The van der Waals surface area contributed by atoms with Gasteiger partial charge in [0.25, 0.3) is 11.8 Å². The summed E-state index contributed by atoms with van der Waals surface area (Å²) in [5, 5.41) is 6.68. The number of hydrogen-bond donors (Lipinski definition) is 2. The number of anilines is 2. The molecule has 0 saturated heterocycles. The quantitative estimate of drug-likeness (QED) is 0.389. The lowest BCUT2D eigenvalue weighted by molar-refractivity contribution is -0.136. The first kappa shape index (κ1) is 21.3. The first-order valence-corrected chi connectivity index (χ1v) is 10.1. The summed E-state index contributed by atoms with van der Waals surface area (Å²) in [4.78, 5) is 28.8. The van der Waals surface area contributed by atoms with Crippen LogP contribution in [0.25, 0.3) is 10.6 Å². The molecule has 0 saturated carbocycles. The molecule has 0 atom stereocenters. The van der Waals surface area contributed by atoms with Gasteiger partial charge in [0, 0.05) is 16.6 Å². The molecule has 0 aliphatic rings. The number of alkyl halides is 3. The molecular weight excluding hydrogens is 443 g/mol. The Morgan fingerprint density at radius 1 is 0.969 bits per heavy atom. The Hall–Kier alpha value is -3.92. The lowest BCUT2D eigenvalue weighted by atomic mass is 10.1. The van der Waals surface area contributed by atoms with Gasteiger partial charge in [-0.15, -0.1) is 11.3 Å². The summed E-state index contributed by atoms with van der Waals surface area (Å²) in [6, 6.07) is 13.6. The maximum Gasteiger partial charge on any atom is 0.418 e. The minimum absolute atomic E-state index is 0.000635. The highest BCUT2D eigenvalue weighted by Gasteiger charge is 2.34. The van der Waals surface area contributed by atoms with Crippen LogP contribution in [0.3, 0.4) is 0 Å². The summed E-state index contributed by atoms with van der Waals surface area (Å²) >= 11 is 1.21. The van der Waals surface area contributed by atoms with Gasteiger partial charge in [0.05, 0.1) is 23.1 Å². The van der Waals surface area contributed by atoms with Crippen LogP contribution in [0.15, 0.2) is 76.9 Å². The Balaban J connectivity index is 1.56. The molecule has 162 valence electrons. The SMILES string of the molecule is O=C(Nc1ccc(NC(=O)c2csc(-c3ccccc3)n2)c(C(F)(F)F)c1)c1ccoc1. The summed E-state index contributed by atoms with van der Waals surface area (Å²) in [6.07, 6.45) is -2.32. The van der Waals surface area contributed by atoms with Crippen LogP contribution in [0, 0.1) is 0 Å². The number of hydrogen-bond acceptors (Lipinski definition) is 5. The third-order valence-electron chi connectivity index (χ3n) is 4.37. The fraction of sp³-hybridized carbons (Fsp3) is 0.0455. The fourth-order valence-electron chi connectivity index (χ4n) is 2.84. The van der Waals surface area contributed by atoms with E-state index in [0.717, 1.165) is 17.7 Å². The molecule has 0 bridgehead atoms. The zero-order valence-electron chi connectivity index (χ0n) is 16.1. The van der Waals surface area contributed by atoms with Crippen molar-refractivity contribution in [1.29, 1.82) is 0 Å². The molecule has 0 spiro atoms. The minimum atomic E-state index is -4.77. The molecule has 2 heterocycles. The van der Waals surface area contributed by atoms with Gasteiger partial charge in [-0.2, -0.15) is 13.2 Å². The zero-order valence-corrected chi connectivity index (χ0v) is 17.0. The van der Waals surface area contributed by atoms with Gasteiger partial charge in [-0.3, -0.25) is 9.59 Å². The van der Waals surface area contributed by atoms with Crippen molar-refractivity contribution < 1.29 is 27.2 Å². The van der Waals surface area contributed by atoms with Crippen molar-refractivity contribution in [2.75, 3.05) is 10.6 Å². The number of nitrogens with one attached hydrogen (secondary N) is 2. The van der Waals surface area contributed by atoms with Crippen LogP contribution in [0.5, 0.6) is 0 Å². The van der Waals surface area contributed by atoms with E-state index in [-0.39, 0.29) is 16.9 Å². The van der Waals surface area contributed by atoms with Gasteiger partial charge >= 0.3 is 6.18 Å². The van der Waals surface area contributed by atoms with Crippen molar-refractivity contribution in [3.63, 3.8) is 0 Å². The molecule has 0 aliphatic carbocycles. The summed E-state index contributed by atoms with van der Waals surface area (Å²) in [5.41, 5.74) is -0.674. The molecule has 6 nitrogen and oxygen atoms in total. The highest BCUT2D eigenvalue weighted by atomic mass is 32.1. The number of thiazole rings is 1. The minimum Gasteiger partial charge on any atom is -0.472 e. The fourth-order valence-corrected chi connectivity index (χ4v) is 3.65. The largest absolute Gasteiger partial charge is 0.472 e. The van der Waals surface area contributed by atoms with Gasteiger partial charge in [-0.25, -0.2) is 4.98 Å². The first-order chi connectivity index (χ1) is 15.3. The number of furan rings is 1. The molecule has 4 rings (SSSR count). The maximum absolute atomic E-state index is 13.6. The average Bonchev–Trinajstić information content (AvgIpc) is 3.47. The monoisotopic (exact) mass is 457 g/mol. The zero-order chi connectivity index (χ0) is 22.7. The van der Waals surface area contributed by atoms with Crippen LogP contribution in [-0.4, -0.2) is 16.8 Å². The van der Waals surface area contributed by atoms with E-state index in [2.05, 4.69) is 15.6 Å². The second-order valence-electron chi connectivity index (χ2n) is 6.58. The number of nitrogens with zero attached hydrogens (tertiary/aromatic N) is 1. The number of halogens is 3. The van der Waals surface area contributed by atoms with Crippen LogP contribution >= 0.6 is 11.3 Å². The van der Waals surface area contributed by atoms with Crippen molar-refractivity contribution in [3.05, 3.63) is 89.3 Å². The number of carbonyl (C=O) groups is 2. The smallest absolute Gasteiger partial charge is 0.418 e. The van der Waals surface area contributed by atoms with Crippen LogP contribution in [0.1, 0.15) is 26.4 Å². The second-order valence-corrected chi connectivity index (χ2v) is 7.44. The number of carbonyl (C=O) groups excluding carboxylic acids is 2. The van der Waals surface area contributed by atoms with Crippen LogP contribution in [0.2, 0.25) is 0 Å². The third-order valence-corrected chi connectivity index (χ3v) is 5.26. The highest BCUT2D eigenvalue weighted by molar-refractivity contribution is 7.13. The summed E-state index contributed by atoms with van der Waals surface area (Å²) < 4.78 is 45.7. The molecule has 0 unspecified atom stereocenters. The van der Waals surface area contributed by atoms with Gasteiger partial charge < -0.3 is 15.1 Å². The molecule has 10 heteroatoms. The highest BCUT2D eigenvalue weighted by Crippen LogP contribution is 2.37. The van der Waals surface area contributed by atoms with Crippen molar-refractivity contribution in [2.24, 2.45) is 0 Å². The first-order valence-electron chi connectivity index (χ1n) is 9.18. The number of rotatable bonds is 5. The van der Waals surface area contributed by atoms with Crippen molar-refractivity contribution in [2.45, 2.75) is 6.18 Å². The Labute approximate surface area is 183 Å². The van der Waals surface area contributed by atoms with Crippen molar-refractivity contribution in [3.8, 4) is 10.6 Å². The molecule has 0 fully saturated rings. The van der Waals surface area contributed by atoms with Crippen LogP contribution in [0.4, 0.5) is 24.5 Å². The second kappa shape index (κ2) is 8.67. The molecule has 2 aromatic carbocycles. The van der Waals surface area contributed by atoms with E-state index in [1.54, 1.807) is 0 Å².